The van der Waals surface area contributed by atoms with Crippen LogP contribution in [0.4, 0.5) is 11.4 Å². The van der Waals surface area contributed by atoms with Gasteiger partial charge < -0.3 is 9.32 Å². The molecule has 5 aromatic carbocycles. The van der Waals surface area contributed by atoms with Gasteiger partial charge >= 0.3 is 0 Å². The number of nitrogens with zero attached hydrogens (tertiary/aromatic N) is 2. The van der Waals surface area contributed by atoms with Crippen molar-refractivity contribution in [1.29, 1.82) is 0 Å². The van der Waals surface area contributed by atoms with Crippen molar-refractivity contribution in [1.82, 2.24) is 0 Å². The summed E-state index contributed by atoms with van der Waals surface area (Å²) in [5.74, 6) is -1.63. The van der Waals surface area contributed by atoms with E-state index in [1.165, 1.54) is 12.1 Å². The van der Waals surface area contributed by atoms with E-state index in [2.05, 4.69) is 15.9 Å². The van der Waals surface area contributed by atoms with Crippen molar-refractivity contribution < 1.29 is 22.4 Å². The Morgan fingerprint density at radius 2 is 1.48 bits per heavy atom. The maximum absolute atomic E-state index is 15.3. The zero-order valence-corrected chi connectivity index (χ0v) is 28.2. The zero-order chi connectivity index (χ0) is 33.2. The number of benzene rings is 5. The van der Waals surface area contributed by atoms with Crippen LogP contribution in [-0.4, -0.2) is 20.2 Å². The molecule has 0 bridgehead atoms. The van der Waals surface area contributed by atoms with Crippen molar-refractivity contribution in [3.63, 3.8) is 0 Å². The fourth-order valence-corrected chi connectivity index (χ4v) is 9.02. The molecule has 0 saturated carbocycles. The third-order valence-electron chi connectivity index (χ3n) is 9.46. The predicted molar refractivity (Wildman–Crippen MR) is 188 cm³/mol. The van der Waals surface area contributed by atoms with Gasteiger partial charge in [-0.25, -0.2) is 8.42 Å². The van der Waals surface area contributed by atoms with E-state index in [1.54, 1.807) is 41.3 Å². The van der Waals surface area contributed by atoms with Gasteiger partial charge in [0.05, 0.1) is 22.8 Å². The number of fused-ring (bicyclic) bond motifs is 5. The van der Waals surface area contributed by atoms with E-state index in [9.17, 15) is 13.2 Å². The standard InChI is InChI=1S/C39H29BrN2O5S/c1-25-15-21-29(22-16-25)48(45,46)42-34(43)23-39(31-12-6-7-13-32(31)41(38(39)44)24-26-9-3-2-4-10-26)35(27-17-19-28(40)20-18-27)37-36(42)30-11-5-8-14-33(30)47-37/h2-22,35H,23-24H2,1H3/t35-,39-/m0/s1. The third kappa shape index (κ3) is 4.56. The van der Waals surface area contributed by atoms with E-state index < -0.39 is 33.7 Å². The number of aryl methyl sites for hydroxylation is 1. The Morgan fingerprint density at radius 3 is 2.23 bits per heavy atom. The fraction of sp³-hybridized carbons (Fsp3) is 0.128. The molecule has 2 aliphatic heterocycles. The fourth-order valence-electron chi connectivity index (χ4n) is 7.30. The van der Waals surface area contributed by atoms with Crippen molar-refractivity contribution in [3.8, 4) is 0 Å². The van der Waals surface area contributed by atoms with Gasteiger partial charge in [0.15, 0.2) is 0 Å². The van der Waals surface area contributed by atoms with Crippen molar-refractivity contribution >= 4 is 60.1 Å². The molecule has 6 aromatic rings. The summed E-state index contributed by atoms with van der Waals surface area (Å²) in [5.41, 5.74) is 2.85. The Kier molecular flexibility index (Phi) is 7.16. The summed E-state index contributed by atoms with van der Waals surface area (Å²) in [5, 5.41) is 0.468. The first-order chi connectivity index (χ1) is 23.2. The largest absolute Gasteiger partial charge is 0.458 e. The van der Waals surface area contributed by atoms with Crippen molar-refractivity contribution in [2.75, 3.05) is 9.21 Å². The van der Waals surface area contributed by atoms with Gasteiger partial charge in [0.1, 0.15) is 17.0 Å². The molecule has 2 aliphatic rings. The van der Waals surface area contributed by atoms with Gasteiger partial charge in [0.25, 0.3) is 10.0 Å². The maximum Gasteiger partial charge on any atom is 0.271 e. The Morgan fingerprint density at radius 1 is 0.812 bits per heavy atom. The monoisotopic (exact) mass is 716 g/mol. The number of amides is 2. The van der Waals surface area contributed by atoms with Crippen molar-refractivity contribution in [3.05, 3.63) is 160 Å². The van der Waals surface area contributed by atoms with Gasteiger partial charge in [-0.05, 0) is 66.1 Å². The number of sulfonamides is 1. The normalized spacial score (nSPS) is 19.1. The van der Waals surface area contributed by atoms with Crippen LogP contribution in [0.2, 0.25) is 0 Å². The second-order valence-electron chi connectivity index (χ2n) is 12.3. The lowest BCUT2D eigenvalue weighted by molar-refractivity contribution is -0.128. The van der Waals surface area contributed by atoms with E-state index in [4.69, 9.17) is 4.42 Å². The molecule has 1 spiro atoms. The molecule has 0 N–H and O–H groups in total. The Hall–Kier alpha value is -4.99. The number of hydrogen-bond acceptors (Lipinski definition) is 5. The Balaban J connectivity index is 1.45. The van der Waals surface area contributed by atoms with Gasteiger partial charge in [-0.1, -0.05) is 106 Å². The Bertz CT molecular complexity index is 2340. The van der Waals surface area contributed by atoms with Crippen LogP contribution in [0.5, 0.6) is 0 Å². The summed E-state index contributed by atoms with van der Waals surface area (Å²) in [4.78, 5) is 32.0. The van der Waals surface area contributed by atoms with Gasteiger partial charge in [-0.15, -0.1) is 0 Å². The predicted octanol–water partition coefficient (Wildman–Crippen LogP) is 8.25. The minimum absolute atomic E-state index is 0.0299. The second kappa shape index (κ2) is 11.3. The first-order valence-corrected chi connectivity index (χ1v) is 17.8. The summed E-state index contributed by atoms with van der Waals surface area (Å²) >= 11 is 3.54. The molecule has 48 heavy (non-hydrogen) atoms. The van der Waals surface area contributed by atoms with E-state index >= 15 is 4.79 Å². The van der Waals surface area contributed by atoms with Crippen LogP contribution in [0.15, 0.2) is 141 Å². The van der Waals surface area contributed by atoms with E-state index in [1.807, 2.05) is 85.8 Å². The smallest absolute Gasteiger partial charge is 0.271 e. The lowest BCUT2D eigenvalue weighted by atomic mass is 9.65. The minimum atomic E-state index is -4.45. The summed E-state index contributed by atoms with van der Waals surface area (Å²) in [6.45, 7) is 2.14. The molecule has 3 heterocycles. The first kappa shape index (κ1) is 30.4. The molecule has 0 unspecified atom stereocenters. The van der Waals surface area contributed by atoms with Crippen LogP contribution in [0.25, 0.3) is 11.0 Å². The molecule has 8 rings (SSSR count). The molecule has 7 nitrogen and oxygen atoms in total. The van der Waals surface area contributed by atoms with Crippen LogP contribution in [0.1, 0.15) is 40.4 Å². The lowest BCUT2D eigenvalue weighted by Crippen LogP contribution is -2.47. The molecule has 238 valence electrons. The zero-order valence-electron chi connectivity index (χ0n) is 25.8. The molecular formula is C39H29BrN2O5S. The molecule has 1 aromatic heterocycles. The van der Waals surface area contributed by atoms with Gasteiger partial charge in [-0.3, -0.25) is 9.59 Å². The molecule has 2 amide bonds. The van der Waals surface area contributed by atoms with E-state index in [0.29, 0.717) is 27.8 Å². The number of rotatable bonds is 5. The summed E-state index contributed by atoms with van der Waals surface area (Å²) < 4.78 is 37.7. The van der Waals surface area contributed by atoms with Crippen LogP contribution >= 0.6 is 15.9 Å². The minimum Gasteiger partial charge on any atom is -0.458 e. The number of anilines is 2. The lowest BCUT2D eigenvalue weighted by Gasteiger charge is -2.34. The molecule has 0 radical (unpaired) electrons. The topological polar surface area (TPSA) is 87.9 Å². The quantitative estimate of drug-likeness (QED) is 0.179. The number of para-hydroxylation sites is 2. The average molecular weight is 718 g/mol. The molecular weight excluding hydrogens is 688 g/mol. The molecule has 0 saturated heterocycles. The highest BCUT2D eigenvalue weighted by Crippen LogP contribution is 2.59. The van der Waals surface area contributed by atoms with Crippen LogP contribution in [0, 0.1) is 6.92 Å². The molecule has 0 fully saturated rings. The number of carbonyl (C=O) groups is 2. The van der Waals surface area contributed by atoms with Crippen LogP contribution in [-0.2, 0) is 31.6 Å². The first-order valence-electron chi connectivity index (χ1n) is 15.6. The number of carbonyl (C=O) groups excluding carboxylic acids is 2. The highest BCUT2D eigenvalue weighted by molar-refractivity contribution is 9.10. The summed E-state index contributed by atoms with van der Waals surface area (Å²) in [6.07, 6.45) is -0.404. The number of halogens is 1. The van der Waals surface area contributed by atoms with Crippen molar-refractivity contribution in [2.45, 2.75) is 36.1 Å². The SMILES string of the molecule is Cc1ccc(S(=O)(=O)N2C(=O)C[C@@]3(C(=O)N(Cc4ccccc4)c4ccccc43)[C@@H](c3ccc(Br)cc3)c3oc4ccccc4c32)cc1. The van der Waals surface area contributed by atoms with Crippen LogP contribution < -0.4 is 9.21 Å². The second-order valence-corrected chi connectivity index (χ2v) is 15.0. The average Bonchev–Trinajstić information content (AvgIpc) is 3.51. The molecule has 9 heteroatoms. The molecule has 2 atom stereocenters. The summed E-state index contributed by atoms with van der Waals surface area (Å²) in [6, 6.07) is 38.2. The summed E-state index contributed by atoms with van der Waals surface area (Å²) in [7, 11) is -4.45. The van der Waals surface area contributed by atoms with Crippen molar-refractivity contribution in [2.24, 2.45) is 0 Å². The highest BCUT2D eigenvalue weighted by atomic mass is 79.9. The molecule has 0 aliphatic carbocycles. The maximum atomic E-state index is 15.3. The van der Waals surface area contributed by atoms with Crippen LogP contribution in [0.3, 0.4) is 0 Å². The van der Waals surface area contributed by atoms with E-state index in [0.717, 1.165) is 19.9 Å². The third-order valence-corrected chi connectivity index (χ3v) is 11.7. The number of hydrogen-bond donors (Lipinski definition) is 0. The van der Waals surface area contributed by atoms with Gasteiger partial charge in [0, 0.05) is 22.0 Å². The van der Waals surface area contributed by atoms with E-state index in [-0.39, 0.29) is 28.8 Å². The van der Waals surface area contributed by atoms with Gasteiger partial charge in [0.2, 0.25) is 11.8 Å². The van der Waals surface area contributed by atoms with Gasteiger partial charge in [-0.2, -0.15) is 4.31 Å². The Labute approximate surface area is 286 Å². The number of furan rings is 1. The highest BCUT2D eigenvalue weighted by Gasteiger charge is 2.62.